The molecule has 0 aromatic heterocycles. The lowest BCUT2D eigenvalue weighted by atomic mass is 9.89. The van der Waals surface area contributed by atoms with Crippen LogP contribution in [0, 0.1) is 23.7 Å². The maximum absolute atomic E-state index is 10.8. The first-order valence-electron chi connectivity index (χ1n) is 2.74. The smallest absolute Gasteiger partial charge is 0.196 e. The van der Waals surface area contributed by atoms with Crippen molar-refractivity contribution < 1.29 is 4.79 Å². The van der Waals surface area contributed by atoms with Gasteiger partial charge in [0, 0.05) is 0 Å². The van der Waals surface area contributed by atoms with E-state index in [1.54, 1.807) is 19.9 Å². The molecule has 0 spiro atoms. The Labute approximate surface area is 55.5 Å². The highest BCUT2D eigenvalue weighted by Crippen LogP contribution is 2.14. The quantitative estimate of drug-likeness (QED) is 0.521. The third-order valence-electron chi connectivity index (χ3n) is 0.994. The molecule has 0 aromatic rings. The van der Waals surface area contributed by atoms with Gasteiger partial charge in [-0.15, -0.1) is 0 Å². The van der Waals surface area contributed by atoms with Gasteiger partial charge in [-0.3, -0.25) is 4.79 Å². The van der Waals surface area contributed by atoms with Gasteiger partial charge < -0.3 is 0 Å². The predicted octanol–water partition coefficient (Wildman–Crippen LogP) is 1.33. The molecule has 0 unspecified atom stereocenters. The highest BCUT2D eigenvalue weighted by Gasteiger charge is 2.27. The van der Waals surface area contributed by atoms with E-state index in [2.05, 4.69) is 6.92 Å². The average Bonchev–Trinajstić information content (AvgIpc) is 1.64. The largest absolute Gasteiger partial charge is 0.293 e. The van der Waals surface area contributed by atoms with Crippen LogP contribution in [0.15, 0.2) is 0 Å². The summed E-state index contributed by atoms with van der Waals surface area (Å²) in [6, 6.07) is 1.78. The van der Waals surface area contributed by atoms with Crippen molar-refractivity contribution in [2.24, 2.45) is 5.41 Å². The summed E-state index contributed by atoms with van der Waals surface area (Å²) in [5.74, 6) is -0.106. The minimum atomic E-state index is -0.601. The van der Waals surface area contributed by atoms with E-state index in [1.165, 1.54) is 0 Å². The van der Waals surface area contributed by atoms with Crippen molar-refractivity contribution in [1.29, 1.82) is 5.26 Å². The fourth-order valence-electron chi connectivity index (χ4n) is 0.311. The van der Waals surface area contributed by atoms with Crippen LogP contribution in [0.1, 0.15) is 20.3 Å². The number of rotatable bonds is 2. The topological polar surface area (TPSA) is 40.9 Å². The number of nitrogens with zero attached hydrogens (tertiary/aromatic N) is 1. The van der Waals surface area contributed by atoms with Crippen LogP contribution in [0.2, 0.25) is 0 Å². The summed E-state index contributed by atoms with van der Waals surface area (Å²) in [6.45, 7) is 6.99. The summed E-state index contributed by atoms with van der Waals surface area (Å²) in [5, 5.41) is 8.10. The molecule has 0 aromatic carbocycles. The number of carbonyl (C=O) groups is 1. The summed E-state index contributed by atoms with van der Waals surface area (Å²) in [5.41, 5.74) is -0.601. The number of carbonyl (C=O) groups excluding carboxylic acids is 1. The van der Waals surface area contributed by atoms with Crippen LogP contribution in [-0.4, -0.2) is 5.78 Å². The van der Waals surface area contributed by atoms with Crippen molar-refractivity contribution in [2.45, 2.75) is 20.3 Å². The fourth-order valence-corrected chi connectivity index (χ4v) is 0.311. The Kier molecular flexibility index (Phi) is 2.27. The van der Waals surface area contributed by atoms with Crippen LogP contribution < -0.4 is 0 Å². The predicted molar refractivity (Wildman–Crippen MR) is 34.4 cm³/mol. The molecule has 0 aliphatic heterocycles. The minimum absolute atomic E-state index is 0.0312. The molecular weight excluding hydrogens is 114 g/mol. The van der Waals surface area contributed by atoms with Crippen molar-refractivity contribution in [1.82, 2.24) is 0 Å². The van der Waals surface area contributed by atoms with Crippen molar-refractivity contribution >= 4 is 5.78 Å². The van der Waals surface area contributed by atoms with Crippen LogP contribution in [0.25, 0.3) is 0 Å². The summed E-state index contributed by atoms with van der Waals surface area (Å²) < 4.78 is 0. The maximum atomic E-state index is 10.8. The monoisotopic (exact) mass is 124 g/mol. The Morgan fingerprint density at radius 3 is 2.33 bits per heavy atom. The van der Waals surface area contributed by atoms with E-state index in [4.69, 9.17) is 5.26 Å². The Morgan fingerprint density at radius 1 is 1.78 bits per heavy atom. The first-order chi connectivity index (χ1) is 3.98. The van der Waals surface area contributed by atoms with E-state index >= 15 is 0 Å². The highest BCUT2D eigenvalue weighted by molar-refractivity contribution is 5.86. The SMILES string of the molecule is [CH2+]C(C)(C)C(=O)CC#N. The molecule has 0 saturated heterocycles. The molecule has 0 bridgehead atoms. The first kappa shape index (κ1) is 8.03. The van der Waals surface area contributed by atoms with E-state index in [0.717, 1.165) is 0 Å². The van der Waals surface area contributed by atoms with Gasteiger partial charge in [-0.1, -0.05) is 0 Å². The van der Waals surface area contributed by atoms with Crippen molar-refractivity contribution in [2.75, 3.05) is 0 Å². The zero-order valence-corrected chi connectivity index (χ0v) is 5.77. The lowest BCUT2D eigenvalue weighted by molar-refractivity contribution is -0.124. The molecule has 0 atom stereocenters. The number of hydrogen-bond donors (Lipinski definition) is 0. The molecule has 0 rings (SSSR count). The molecule has 0 fully saturated rings. The average molecular weight is 124 g/mol. The van der Waals surface area contributed by atoms with Gasteiger partial charge in [0.15, 0.2) is 11.2 Å². The standard InChI is InChI=1S/C7H10NO/c1-7(2,3)6(9)4-5-8/h1,4H2,2-3H3/q+1. The Balaban J connectivity index is 3.93. The van der Waals surface area contributed by atoms with E-state index in [9.17, 15) is 4.79 Å². The summed E-state index contributed by atoms with van der Waals surface area (Å²) in [7, 11) is 0. The Hall–Kier alpha value is -0.970. The summed E-state index contributed by atoms with van der Waals surface area (Å²) in [4.78, 5) is 10.8. The second kappa shape index (κ2) is 2.54. The lowest BCUT2D eigenvalue weighted by Crippen LogP contribution is -2.19. The maximum Gasteiger partial charge on any atom is 0.196 e. The minimum Gasteiger partial charge on any atom is -0.293 e. The molecule has 0 amide bonds. The Bertz CT molecular complexity index is 147. The van der Waals surface area contributed by atoms with Crippen LogP contribution in [0.5, 0.6) is 0 Å². The zero-order valence-electron chi connectivity index (χ0n) is 5.77. The molecule has 0 radical (unpaired) electrons. The van der Waals surface area contributed by atoms with Gasteiger partial charge in [0.2, 0.25) is 0 Å². The van der Waals surface area contributed by atoms with Crippen LogP contribution in [0.4, 0.5) is 0 Å². The molecule has 0 heterocycles. The number of ketones is 1. The third-order valence-corrected chi connectivity index (χ3v) is 0.994. The molecule has 2 heteroatoms. The summed E-state index contributed by atoms with van der Waals surface area (Å²) in [6.07, 6.45) is -0.0312. The molecule has 2 nitrogen and oxygen atoms in total. The van der Waals surface area contributed by atoms with Gasteiger partial charge in [0.25, 0.3) is 0 Å². The molecule has 0 aliphatic carbocycles. The van der Waals surface area contributed by atoms with Gasteiger partial charge >= 0.3 is 0 Å². The number of Topliss-reactive ketones (excluding diaryl/α,β-unsaturated/α-hetero) is 1. The molecule has 0 N–H and O–H groups in total. The first-order valence-corrected chi connectivity index (χ1v) is 2.74. The van der Waals surface area contributed by atoms with Crippen LogP contribution in [0.3, 0.4) is 0 Å². The van der Waals surface area contributed by atoms with Crippen molar-refractivity contribution in [3.63, 3.8) is 0 Å². The second-order valence-corrected chi connectivity index (χ2v) is 2.64. The van der Waals surface area contributed by atoms with Crippen LogP contribution in [-0.2, 0) is 4.79 Å². The molecule has 9 heavy (non-hydrogen) atoms. The molecule has 48 valence electrons. The molecular formula is C7H10NO+. The number of hydrogen-bond acceptors (Lipinski definition) is 2. The van der Waals surface area contributed by atoms with Crippen molar-refractivity contribution in [3.8, 4) is 6.07 Å². The normalized spacial score (nSPS) is 10.3. The van der Waals surface area contributed by atoms with E-state index in [0.29, 0.717) is 0 Å². The van der Waals surface area contributed by atoms with E-state index < -0.39 is 5.41 Å². The summed E-state index contributed by atoms with van der Waals surface area (Å²) >= 11 is 0. The number of nitriles is 1. The Morgan fingerprint density at radius 2 is 2.22 bits per heavy atom. The van der Waals surface area contributed by atoms with Gasteiger partial charge in [-0.25, -0.2) is 0 Å². The van der Waals surface area contributed by atoms with Gasteiger partial charge in [-0.05, 0) is 13.8 Å². The zero-order chi connectivity index (χ0) is 7.49. The fraction of sp³-hybridized carbons (Fsp3) is 0.571. The molecule has 0 aliphatic rings. The van der Waals surface area contributed by atoms with Crippen molar-refractivity contribution in [3.05, 3.63) is 6.92 Å². The highest BCUT2D eigenvalue weighted by atomic mass is 16.1. The van der Waals surface area contributed by atoms with Gasteiger partial charge in [0.05, 0.1) is 19.4 Å². The van der Waals surface area contributed by atoms with E-state index in [-0.39, 0.29) is 12.2 Å². The molecule has 0 saturated carbocycles. The van der Waals surface area contributed by atoms with Gasteiger partial charge in [-0.2, -0.15) is 5.26 Å². The third kappa shape index (κ3) is 2.76. The van der Waals surface area contributed by atoms with Gasteiger partial charge in [0.1, 0.15) is 0 Å². The van der Waals surface area contributed by atoms with Crippen LogP contribution >= 0.6 is 0 Å². The second-order valence-electron chi connectivity index (χ2n) is 2.64. The van der Waals surface area contributed by atoms with E-state index in [1.807, 2.05) is 0 Å². The lowest BCUT2D eigenvalue weighted by Gasteiger charge is -2.04.